The Morgan fingerprint density at radius 3 is 2.47 bits per heavy atom. The number of carbonyl (C=O) groups is 2. The SMILES string of the molecule is O=C(C[C@@H](C=S)C(=O)O)c1ccc(Cl)c(Cl)c1. The van der Waals surface area contributed by atoms with Crippen molar-refractivity contribution in [2.45, 2.75) is 6.42 Å². The van der Waals surface area contributed by atoms with Gasteiger partial charge in [-0.1, -0.05) is 35.4 Å². The van der Waals surface area contributed by atoms with Gasteiger partial charge in [0.15, 0.2) is 5.78 Å². The van der Waals surface area contributed by atoms with Crippen molar-refractivity contribution in [1.29, 1.82) is 0 Å². The second kappa shape index (κ2) is 6.10. The van der Waals surface area contributed by atoms with Gasteiger partial charge in [0.05, 0.1) is 16.0 Å². The zero-order valence-electron chi connectivity index (χ0n) is 8.52. The van der Waals surface area contributed by atoms with E-state index in [1.54, 1.807) is 0 Å². The van der Waals surface area contributed by atoms with E-state index in [4.69, 9.17) is 28.3 Å². The minimum Gasteiger partial charge on any atom is -0.481 e. The van der Waals surface area contributed by atoms with Crippen LogP contribution in [0.2, 0.25) is 10.0 Å². The molecule has 1 aromatic rings. The summed E-state index contributed by atoms with van der Waals surface area (Å²) in [5.74, 6) is -2.42. The quantitative estimate of drug-likeness (QED) is 0.668. The number of carboxylic acids is 1. The Hall–Kier alpha value is -0.970. The largest absolute Gasteiger partial charge is 0.481 e. The van der Waals surface area contributed by atoms with E-state index in [-0.39, 0.29) is 17.2 Å². The summed E-state index contributed by atoms with van der Waals surface area (Å²) < 4.78 is 0. The van der Waals surface area contributed by atoms with E-state index in [0.29, 0.717) is 10.6 Å². The summed E-state index contributed by atoms with van der Waals surface area (Å²) in [6.45, 7) is 0. The summed E-state index contributed by atoms with van der Waals surface area (Å²) in [4.78, 5) is 22.5. The Morgan fingerprint density at radius 1 is 1.35 bits per heavy atom. The van der Waals surface area contributed by atoms with Crippen LogP contribution in [0.4, 0.5) is 0 Å². The first-order valence-electron chi connectivity index (χ1n) is 4.62. The fourth-order valence-corrected chi connectivity index (χ4v) is 1.69. The number of ketones is 1. The third-order valence-corrected chi connectivity index (χ3v) is 3.20. The van der Waals surface area contributed by atoms with E-state index >= 15 is 0 Å². The zero-order chi connectivity index (χ0) is 13.0. The molecule has 0 aromatic heterocycles. The number of hydrogen-bond donors (Lipinski definition) is 1. The summed E-state index contributed by atoms with van der Waals surface area (Å²) in [7, 11) is 0. The van der Waals surface area contributed by atoms with Gasteiger partial charge in [-0.2, -0.15) is 0 Å². The predicted molar refractivity (Wildman–Crippen MR) is 70.2 cm³/mol. The van der Waals surface area contributed by atoms with Crippen LogP contribution in [0.5, 0.6) is 0 Å². The minimum absolute atomic E-state index is 0.184. The predicted octanol–water partition coefficient (Wildman–Crippen LogP) is 3.27. The van der Waals surface area contributed by atoms with Gasteiger partial charge < -0.3 is 5.11 Å². The maximum Gasteiger partial charge on any atom is 0.311 e. The topological polar surface area (TPSA) is 54.4 Å². The van der Waals surface area contributed by atoms with Gasteiger partial charge in [-0.05, 0) is 23.6 Å². The third-order valence-electron chi connectivity index (χ3n) is 2.13. The number of carboxylic acid groups (broad SMARTS) is 1. The van der Waals surface area contributed by atoms with Crippen LogP contribution in [-0.2, 0) is 4.79 Å². The van der Waals surface area contributed by atoms with Crippen LogP contribution in [0, 0.1) is 5.92 Å². The molecule has 0 heterocycles. The van der Waals surface area contributed by atoms with Crippen molar-refractivity contribution in [1.82, 2.24) is 0 Å². The lowest BCUT2D eigenvalue weighted by Crippen LogP contribution is -2.18. The summed E-state index contributed by atoms with van der Waals surface area (Å²) >= 11 is 16.0. The molecule has 0 aliphatic heterocycles. The first-order valence-corrected chi connectivity index (χ1v) is 5.84. The number of benzene rings is 1. The number of halogens is 2. The molecule has 1 N–H and O–H groups in total. The van der Waals surface area contributed by atoms with Crippen molar-refractivity contribution < 1.29 is 14.7 Å². The van der Waals surface area contributed by atoms with Crippen molar-refractivity contribution in [3.05, 3.63) is 33.8 Å². The maximum absolute atomic E-state index is 11.8. The number of rotatable bonds is 5. The van der Waals surface area contributed by atoms with Crippen molar-refractivity contribution in [2.24, 2.45) is 5.92 Å². The molecule has 0 saturated heterocycles. The van der Waals surface area contributed by atoms with Crippen molar-refractivity contribution in [3.63, 3.8) is 0 Å². The summed E-state index contributed by atoms with van der Waals surface area (Å²) in [6, 6.07) is 4.40. The standard InChI is InChI=1S/C11H8Cl2O3S/c12-8-2-1-6(3-9(8)13)10(14)4-7(5-17)11(15)16/h1-3,5,7H,4H2,(H,15,16)/t7-/m0/s1. The molecule has 17 heavy (non-hydrogen) atoms. The molecular weight excluding hydrogens is 283 g/mol. The van der Waals surface area contributed by atoms with Crippen LogP contribution in [0.15, 0.2) is 18.2 Å². The lowest BCUT2D eigenvalue weighted by molar-refractivity contribution is -0.139. The lowest BCUT2D eigenvalue weighted by atomic mass is 10.00. The molecule has 90 valence electrons. The fraction of sp³-hybridized carbons (Fsp3) is 0.182. The highest BCUT2D eigenvalue weighted by Crippen LogP contribution is 2.23. The Bertz CT molecular complexity index is 474. The highest BCUT2D eigenvalue weighted by Gasteiger charge is 2.19. The second-order valence-electron chi connectivity index (χ2n) is 3.34. The Kier molecular flexibility index (Phi) is 5.05. The van der Waals surface area contributed by atoms with E-state index in [2.05, 4.69) is 12.2 Å². The average molecular weight is 291 g/mol. The van der Waals surface area contributed by atoms with Crippen LogP contribution < -0.4 is 0 Å². The molecule has 0 bridgehead atoms. The molecule has 0 aliphatic rings. The molecule has 1 aromatic carbocycles. The first-order chi connectivity index (χ1) is 7.95. The van der Waals surface area contributed by atoms with Gasteiger partial charge in [0.1, 0.15) is 0 Å². The van der Waals surface area contributed by atoms with E-state index in [9.17, 15) is 9.59 Å². The molecule has 3 nitrogen and oxygen atoms in total. The molecule has 0 spiro atoms. The molecular formula is C11H8Cl2O3S. The number of thiocarbonyl (C=S) groups is 1. The van der Waals surface area contributed by atoms with Crippen LogP contribution >= 0.6 is 35.4 Å². The zero-order valence-corrected chi connectivity index (χ0v) is 10.9. The van der Waals surface area contributed by atoms with Crippen molar-refractivity contribution in [2.75, 3.05) is 0 Å². The van der Waals surface area contributed by atoms with E-state index < -0.39 is 11.9 Å². The van der Waals surface area contributed by atoms with Gasteiger partial charge in [-0.3, -0.25) is 9.59 Å². The van der Waals surface area contributed by atoms with E-state index in [0.717, 1.165) is 5.37 Å². The third kappa shape index (κ3) is 3.77. The lowest BCUT2D eigenvalue weighted by Gasteiger charge is -2.06. The van der Waals surface area contributed by atoms with Crippen molar-refractivity contribution in [3.8, 4) is 0 Å². The molecule has 0 saturated carbocycles. The van der Waals surface area contributed by atoms with Gasteiger partial charge >= 0.3 is 5.97 Å². The van der Waals surface area contributed by atoms with Gasteiger partial charge in [0.25, 0.3) is 0 Å². The molecule has 0 aliphatic carbocycles. The van der Waals surface area contributed by atoms with E-state index in [1.807, 2.05) is 0 Å². The van der Waals surface area contributed by atoms with Gasteiger partial charge in [0.2, 0.25) is 0 Å². The first kappa shape index (κ1) is 14.1. The minimum atomic E-state index is -1.12. The molecule has 0 unspecified atom stereocenters. The highest BCUT2D eigenvalue weighted by molar-refractivity contribution is 7.79. The number of hydrogen-bond acceptors (Lipinski definition) is 3. The smallest absolute Gasteiger partial charge is 0.311 e. The summed E-state index contributed by atoms with van der Waals surface area (Å²) in [5, 5.41) is 10.4. The van der Waals surface area contributed by atoms with Gasteiger partial charge in [0, 0.05) is 12.0 Å². The molecule has 6 heteroatoms. The molecule has 1 rings (SSSR count). The maximum atomic E-state index is 11.8. The molecule has 0 fully saturated rings. The van der Waals surface area contributed by atoms with Gasteiger partial charge in [-0.15, -0.1) is 0 Å². The number of Topliss-reactive ketones (excluding diaryl/α,β-unsaturated/α-hetero) is 1. The number of carbonyl (C=O) groups excluding carboxylic acids is 1. The average Bonchev–Trinajstić information content (AvgIpc) is 2.28. The van der Waals surface area contributed by atoms with Crippen LogP contribution in [0.1, 0.15) is 16.8 Å². The van der Waals surface area contributed by atoms with Crippen molar-refractivity contribution >= 4 is 52.5 Å². The Balaban J connectivity index is 2.86. The number of aliphatic carboxylic acids is 1. The molecule has 0 radical (unpaired) electrons. The fourth-order valence-electron chi connectivity index (χ4n) is 1.18. The Labute approximate surface area is 113 Å². The second-order valence-corrected chi connectivity index (χ2v) is 4.42. The summed E-state index contributed by atoms with van der Waals surface area (Å²) in [5.41, 5.74) is 0.322. The monoisotopic (exact) mass is 290 g/mol. The van der Waals surface area contributed by atoms with Crippen LogP contribution in [-0.4, -0.2) is 22.2 Å². The normalized spacial score (nSPS) is 11.9. The molecule has 1 atom stereocenters. The van der Waals surface area contributed by atoms with Crippen LogP contribution in [0.25, 0.3) is 0 Å². The molecule has 0 amide bonds. The van der Waals surface area contributed by atoms with E-state index in [1.165, 1.54) is 18.2 Å². The Morgan fingerprint density at radius 2 is 2.00 bits per heavy atom. The van der Waals surface area contributed by atoms with Gasteiger partial charge in [-0.25, -0.2) is 0 Å². The summed E-state index contributed by atoms with van der Waals surface area (Å²) in [6.07, 6.45) is -0.184. The highest BCUT2D eigenvalue weighted by atomic mass is 35.5. The van der Waals surface area contributed by atoms with Crippen LogP contribution in [0.3, 0.4) is 0 Å².